The first-order chi connectivity index (χ1) is 12.4. The quantitative estimate of drug-likeness (QED) is 0.304. The zero-order valence-corrected chi connectivity index (χ0v) is 14.0. The maximum Gasteiger partial charge on any atom is 0.384 e. The molecule has 1 fully saturated rings. The zero-order chi connectivity index (χ0) is 19.3. The average Bonchev–Trinajstić information content (AvgIpc) is 2.89. The molecule has 0 spiro atoms. The Balaban J connectivity index is 2.15. The van der Waals surface area contributed by atoms with Crippen LogP contribution in [-0.2, 0) is 25.6 Å². The molecule has 1 aromatic rings. The number of ether oxygens (including phenoxy) is 3. The molecule has 3 N–H and O–H groups in total. The van der Waals surface area contributed by atoms with Gasteiger partial charge in [-0.05, 0) is 12.5 Å². The molecule has 2 unspecified atom stereocenters. The monoisotopic (exact) mass is 371 g/mol. The molecule has 10 nitrogen and oxygen atoms in total. The summed E-state index contributed by atoms with van der Waals surface area (Å²) in [4.78, 5) is 22.0. The molecule has 144 valence electrons. The van der Waals surface area contributed by atoms with E-state index < -0.39 is 47.6 Å². The molecule has 0 bridgehead atoms. The van der Waals surface area contributed by atoms with Gasteiger partial charge in [-0.2, -0.15) is 0 Å². The number of aliphatic hydroxyl groups excluding tert-OH is 3. The first-order valence-corrected chi connectivity index (χ1v) is 8.02. The molecule has 0 saturated carbocycles. The Morgan fingerprint density at radius 2 is 2.00 bits per heavy atom. The van der Waals surface area contributed by atoms with Crippen molar-refractivity contribution in [1.29, 1.82) is 0 Å². The highest BCUT2D eigenvalue weighted by molar-refractivity contribution is 5.75. The van der Waals surface area contributed by atoms with Gasteiger partial charge in [0.15, 0.2) is 12.4 Å². The molecular formula is C16H21NO9. The minimum Gasteiger partial charge on any atom is -0.461 e. The van der Waals surface area contributed by atoms with Crippen LogP contribution in [0, 0.1) is 10.1 Å². The van der Waals surface area contributed by atoms with Gasteiger partial charge in [-0.25, -0.2) is 4.79 Å². The van der Waals surface area contributed by atoms with Crippen molar-refractivity contribution in [2.45, 2.75) is 50.3 Å². The fraction of sp³-hybridized carbons (Fsp3) is 0.562. The number of esters is 1. The van der Waals surface area contributed by atoms with Gasteiger partial charge < -0.3 is 29.5 Å². The van der Waals surface area contributed by atoms with Crippen LogP contribution in [0.1, 0.15) is 12.5 Å². The van der Waals surface area contributed by atoms with E-state index in [-0.39, 0.29) is 13.2 Å². The minimum atomic E-state index is -2.14. The lowest BCUT2D eigenvalue weighted by Gasteiger charge is -2.25. The maximum absolute atomic E-state index is 11.8. The minimum absolute atomic E-state index is 0.00437. The van der Waals surface area contributed by atoms with Crippen molar-refractivity contribution in [3.05, 3.63) is 46.0 Å². The fourth-order valence-corrected chi connectivity index (χ4v) is 2.67. The van der Waals surface area contributed by atoms with Crippen LogP contribution in [0.5, 0.6) is 0 Å². The summed E-state index contributed by atoms with van der Waals surface area (Å²) < 4.78 is 15.1. The topological polar surface area (TPSA) is 149 Å². The Morgan fingerprint density at radius 1 is 1.35 bits per heavy atom. The first kappa shape index (κ1) is 20.2. The van der Waals surface area contributed by atoms with Gasteiger partial charge in [-0.3, -0.25) is 10.1 Å². The lowest BCUT2D eigenvalue weighted by atomic mass is 10.00. The van der Waals surface area contributed by atoms with E-state index in [1.165, 1.54) is 6.92 Å². The largest absolute Gasteiger partial charge is 0.461 e. The van der Waals surface area contributed by atoms with Gasteiger partial charge in [0.25, 0.3) is 0 Å². The van der Waals surface area contributed by atoms with Gasteiger partial charge in [0.1, 0.15) is 18.3 Å². The molecule has 1 aliphatic heterocycles. The maximum atomic E-state index is 11.8. The van der Waals surface area contributed by atoms with Crippen molar-refractivity contribution in [2.24, 2.45) is 0 Å². The van der Waals surface area contributed by atoms with Crippen LogP contribution in [0.25, 0.3) is 0 Å². The second-order valence-electron chi connectivity index (χ2n) is 5.72. The third-order valence-electron chi connectivity index (χ3n) is 3.95. The first-order valence-electron chi connectivity index (χ1n) is 8.02. The van der Waals surface area contributed by atoms with Crippen LogP contribution in [0.15, 0.2) is 30.3 Å². The molecule has 2 rings (SSSR count). The highest BCUT2D eigenvalue weighted by Crippen LogP contribution is 2.28. The molecule has 0 radical (unpaired) electrons. The number of nitro groups is 1. The third kappa shape index (κ3) is 4.54. The van der Waals surface area contributed by atoms with Crippen molar-refractivity contribution in [3.63, 3.8) is 0 Å². The van der Waals surface area contributed by atoms with E-state index in [1.807, 2.05) is 0 Å². The molecule has 10 heteroatoms. The average molecular weight is 371 g/mol. The van der Waals surface area contributed by atoms with Crippen molar-refractivity contribution < 1.29 is 39.2 Å². The molecular weight excluding hydrogens is 350 g/mol. The number of hydrogen-bond acceptors (Lipinski definition) is 9. The standard InChI is InChI=1S/C16H21NO9/c1-2-24-15(20)10(17(22)23)11(18)14-13(12(19)16(21)26-14)25-8-9-6-4-3-5-7-9/h3-7,10-14,16,18-19,21H,2,8H2,1H3/t10?,11-,12-,13-,14-,16?/m1/s1. The van der Waals surface area contributed by atoms with E-state index in [4.69, 9.17) is 9.47 Å². The van der Waals surface area contributed by atoms with Crippen LogP contribution in [0.2, 0.25) is 0 Å². The second-order valence-corrected chi connectivity index (χ2v) is 5.72. The van der Waals surface area contributed by atoms with E-state index in [9.17, 15) is 30.2 Å². The van der Waals surface area contributed by atoms with Crippen LogP contribution < -0.4 is 0 Å². The molecule has 1 heterocycles. The van der Waals surface area contributed by atoms with Gasteiger partial charge >= 0.3 is 12.0 Å². The highest BCUT2D eigenvalue weighted by atomic mass is 16.7. The van der Waals surface area contributed by atoms with Crippen LogP contribution in [-0.4, -0.2) is 69.6 Å². The van der Waals surface area contributed by atoms with Crippen LogP contribution in [0.4, 0.5) is 0 Å². The summed E-state index contributed by atoms with van der Waals surface area (Å²) in [6, 6.07) is 6.70. The lowest BCUT2D eigenvalue weighted by molar-refractivity contribution is -0.525. The molecule has 1 aromatic carbocycles. The number of benzene rings is 1. The predicted octanol–water partition coefficient (Wildman–Crippen LogP) is -0.781. The molecule has 6 atom stereocenters. The molecule has 0 aromatic heterocycles. The molecule has 0 aliphatic carbocycles. The number of nitrogens with zero attached hydrogens (tertiary/aromatic N) is 1. The molecule has 1 saturated heterocycles. The van der Waals surface area contributed by atoms with Gasteiger partial charge in [0.2, 0.25) is 0 Å². The molecule has 26 heavy (non-hydrogen) atoms. The van der Waals surface area contributed by atoms with E-state index in [0.29, 0.717) is 0 Å². The zero-order valence-electron chi connectivity index (χ0n) is 14.0. The van der Waals surface area contributed by atoms with Crippen molar-refractivity contribution in [3.8, 4) is 0 Å². The number of rotatable bonds is 8. The lowest BCUT2D eigenvalue weighted by Crippen LogP contribution is -2.52. The summed E-state index contributed by atoms with van der Waals surface area (Å²) in [5.41, 5.74) is 0.741. The number of aliphatic hydroxyl groups is 3. The summed E-state index contributed by atoms with van der Waals surface area (Å²) in [7, 11) is 0. The Kier molecular flexibility index (Phi) is 7.00. The van der Waals surface area contributed by atoms with Crippen molar-refractivity contribution in [1.82, 2.24) is 0 Å². The van der Waals surface area contributed by atoms with Gasteiger partial charge in [0.05, 0.1) is 13.2 Å². The van der Waals surface area contributed by atoms with Gasteiger partial charge in [0, 0.05) is 4.92 Å². The van der Waals surface area contributed by atoms with E-state index in [2.05, 4.69) is 4.74 Å². The SMILES string of the molecule is CCOC(=O)C([C@@H](O)[C@H]1OC(O)[C@H](O)[C@H]1OCc1ccccc1)[N+](=O)[O-]. The smallest absolute Gasteiger partial charge is 0.384 e. The van der Waals surface area contributed by atoms with E-state index >= 15 is 0 Å². The Bertz CT molecular complexity index is 611. The molecule has 1 aliphatic rings. The Hall–Kier alpha value is -2.11. The highest BCUT2D eigenvalue weighted by Gasteiger charge is 2.54. The van der Waals surface area contributed by atoms with Gasteiger partial charge in [-0.15, -0.1) is 0 Å². The Morgan fingerprint density at radius 3 is 2.58 bits per heavy atom. The summed E-state index contributed by atoms with van der Waals surface area (Å²) in [5.74, 6) is -1.24. The van der Waals surface area contributed by atoms with Crippen LogP contribution >= 0.6 is 0 Å². The van der Waals surface area contributed by atoms with Crippen LogP contribution in [0.3, 0.4) is 0 Å². The van der Waals surface area contributed by atoms with Gasteiger partial charge in [-0.1, -0.05) is 30.3 Å². The van der Waals surface area contributed by atoms with Crippen molar-refractivity contribution in [2.75, 3.05) is 6.61 Å². The summed E-state index contributed by atoms with van der Waals surface area (Å²) in [5, 5.41) is 41.2. The summed E-state index contributed by atoms with van der Waals surface area (Å²) in [6.45, 7) is 1.36. The predicted molar refractivity (Wildman–Crippen MR) is 85.3 cm³/mol. The second kappa shape index (κ2) is 9.01. The fourth-order valence-electron chi connectivity index (χ4n) is 2.67. The Labute approximate surface area is 149 Å². The van der Waals surface area contributed by atoms with E-state index in [0.717, 1.165) is 5.56 Å². The van der Waals surface area contributed by atoms with Crippen molar-refractivity contribution >= 4 is 5.97 Å². The number of hydrogen-bond donors (Lipinski definition) is 3. The van der Waals surface area contributed by atoms with E-state index in [1.54, 1.807) is 30.3 Å². The summed E-state index contributed by atoms with van der Waals surface area (Å²) >= 11 is 0. The molecule has 0 amide bonds. The normalized spacial score (nSPS) is 27.7. The number of carbonyl (C=O) groups is 1. The third-order valence-corrected chi connectivity index (χ3v) is 3.95. The number of carbonyl (C=O) groups excluding carboxylic acids is 1. The summed E-state index contributed by atoms with van der Waals surface area (Å²) in [6.07, 6.45) is -8.03.